The molecule has 0 heterocycles. The Bertz CT molecular complexity index is 580. The lowest BCUT2D eigenvalue weighted by molar-refractivity contribution is -0.140. The van der Waals surface area contributed by atoms with Gasteiger partial charge in [-0.15, -0.1) is 0 Å². The van der Waals surface area contributed by atoms with Gasteiger partial charge < -0.3 is 9.47 Å². The number of rotatable bonds is 30. The van der Waals surface area contributed by atoms with E-state index in [4.69, 9.17) is 9.47 Å². The average molecular weight is 625 g/mol. The van der Waals surface area contributed by atoms with Gasteiger partial charge in [0.05, 0.1) is 29.4 Å². The Kier molecular flexibility index (Phi) is 27.1. The summed E-state index contributed by atoms with van der Waals surface area (Å²) in [5, 5.41) is 0. The second-order valence-electron chi connectivity index (χ2n) is 13.2. The van der Waals surface area contributed by atoms with Gasteiger partial charge in [-0.05, 0) is 12.8 Å². The highest BCUT2D eigenvalue weighted by Crippen LogP contribution is 2.35. The lowest BCUT2D eigenvalue weighted by atomic mass is 10.3. The van der Waals surface area contributed by atoms with E-state index in [0.717, 1.165) is 25.7 Å². The molecule has 0 saturated carbocycles. The van der Waals surface area contributed by atoms with Crippen LogP contribution >= 0.6 is 0 Å². The summed E-state index contributed by atoms with van der Waals surface area (Å²) in [5.41, 5.74) is 0. The highest BCUT2D eigenvalue weighted by atomic mass is 28.3. The van der Waals surface area contributed by atoms with Crippen molar-refractivity contribution in [3.63, 3.8) is 0 Å². The molecule has 0 aliphatic heterocycles. The molecule has 0 atom stereocenters. The molecule has 0 unspecified atom stereocenters. The molecule has 0 N–H and O–H groups in total. The van der Waals surface area contributed by atoms with Gasteiger partial charge in [-0.25, -0.2) is 9.59 Å². The van der Waals surface area contributed by atoms with Crippen molar-refractivity contribution in [1.29, 1.82) is 0 Å². The third-order valence-corrected chi connectivity index (χ3v) is 20.7. The van der Waals surface area contributed by atoms with E-state index in [1.165, 1.54) is 138 Å². The van der Waals surface area contributed by atoms with E-state index >= 15 is 0 Å². The molecule has 0 spiro atoms. The number of hydrogen-bond donors (Lipinski definition) is 0. The predicted molar refractivity (Wildman–Crippen MR) is 189 cm³/mol. The zero-order valence-electron chi connectivity index (χ0n) is 29.2. The first kappa shape index (κ1) is 41.1. The minimum absolute atomic E-state index is 0.433. The monoisotopic (exact) mass is 624 g/mol. The minimum atomic E-state index is -1.23. The van der Waals surface area contributed by atoms with E-state index in [9.17, 15) is 9.59 Å². The third-order valence-electron chi connectivity index (χ3n) is 9.41. The molecule has 0 aliphatic carbocycles. The smallest absolute Gasteiger partial charge is 0.331 e. The fourth-order valence-corrected chi connectivity index (χ4v) is 18.2. The fraction of sp³-hybridized carbons (Fsp3) is 0.889. The number of carbonyl (C=O) groups is 2. The summed E-state index contributed by atoms with van der Waals surface area (Å²) < 4.78 is 10.8. The van der Waals surface area contributed by atoms with Crippen LogP contribution in [0.4, 0.5) is 0 Å². The summed E-state index contributed by atoms with van der Waals surface area (Å²) in [6.45, 7) is 14.8. The van der Waals surface area contributed by atoms with Crippen LogP contribution in [0.2, 0.25) is 48.4 Å². The molecule has 248 valence electrons. The SMILES string of the molecule is CCCC[Si](CCCC)(CCCC)CCCCOC(=O)/C=C/C(=O)OCCCC[Si](CCCC)(CCCC)CCCC. The van der Waals surface area contributed by atoms with E-state index in [-0.39, 0.29) is 0 Å². The molecule has 42 heavy (non-hydrogen) atoms. The lowest BCUT2D eigenvalue weighted by Gasteiger charge is -2.32. The van der Waals surface area contributed by atoms with Crippen LogP contribution in [0.1, 0.15) is 144 Å². The molecule has 0 aromatic heterocycles. The molecular weight excluding hydrogens is 553 g/mol. The van der Waals surface area contributed by atoms with Crippen LogP contribution in [0.25, 0.3) is 0 Å². The molecule has 0 bridgehead atoms. The molecule has 0 rings (SSSR count). The van der Waals surface area contributed by atoms with Crippen molar-refractivity contribution in [3.8, 4) is 0 Å². The molecule has 4 nitrogen and oxygen atoms in total. The van der Waals surface area contributed by atoms with Crippen LogP contribution in [0, 0.1) is 0 Å². The number of carbonyl (C=O) groups excluding carboxylic acids is 2. The normalized spacial score (nSPS) is 12.2. The van der Waals surface area contributed by atoms with Crippen molar-refractivity contribution in [3.05, 3.63) is 12.2 Å². The quantitative estimate of drug-likeness (QED) is 0.0345. The van der Waals surface area contributed by atoms with Gasteiger partial charge in [0.15, 0.2) is 0 Å². The van der Waals surface area contributed by atoms with Crippen LogP contribution in [-0.2, 0) is 19.1 Å². The number of hydrogen-bond acceptors (Lipinski definition) is 4. The molecular formula is C36H72O4Si2. The van der Waals surface area contributed by atoms with E-state index in [0.29, 0.717) is 13.2 Å². The van der Waals surface area contributed by atoms with Crippen molar-refractivity contribution >= 4 is 28.1 Å². The van der Waals surface area contributed by atoms with Crippen molar-refractivity contribution in [2.45, 2.75) is 193 Å². The van der Waals surface area contributed by atoms with Crippen molar-refractivity contribution in [1.82, 2.24) is 0 Å². The molecule has 0 aromatic carbocycles. The van der Waals surface area contributed by atoms with Crippen LogP contribution in [-0.4, -0.2) is 41.3 Å². The minimum Gasteiger partial charge on any atom is -0.463 e. The molecule has 0 aromatic rings. The van der Waals surface area contributed by atoms with Crippen LogP contribution in [0.15, 0.2) is 12.2 Å². The van der Waals surface area contributed by atoms with Gasteiger partial charge in [0.1, 0.15) is 0 Å². The van der Waals surface area contributed by atoms with Crippen molar-refractivity contribution in [2.75, 3.05) is 13.2 Å². The first-order valence-electron chi connectivity index (χ1n) is 18.4. The molecule has 0 fully saturated rings. The molecule has 0 radical (unpaired) electrons. The standard InChI is InChI=1S/C36H72O4Si2/c1-7-13-27-41(28-14-8-2,29-15-9-3)33-21-19-25-39-35(37)23-24-36(38)40-26-20-22-34-42(30-16-10-4,31-17-11-5)32-18-12-6/h23-24H,7-22,25-34H2,1-6H3/b24-23+. The summed E-state index contributed by atoms with van der Waals surface area (Å²) in [4.78, 5) is 24.3. The van der Waals surface area contributed by atoms with Crippen molar-refractivity contribution < 1.29 is 19.1 Å². The van der Waals surface area contributed by atoms with Gasteiger partial charge in [0.2, 0.25) is 0 Å². The summed E-state index contributed by atoms with van der Waals surface area (Å²) in [7, 11) is -2.46. The number of unbranched alkanes of at least 4 members (excludes halogenated alkanes) is 8. The van der Waals surface area contributed by atoms with E-state index < -0.39 is 28.1 Å². The van der Waals surface area contributed by atoms with Gasteiger partial charge in [0, 0.05) is 12.2 Å². The maximum Gasteiger partial charge on any atom is 0.331 e. The van der Waals surface area contributed by atoms with Gasteiger partial charge in [-0.3, -0.25) is 0 Å². The van der Waals surface area contributed by atoms with Crippen LogP contribution in [0.5, 0.6) is 0 Å². The highest BCUT2D eigenvalue weighted by Gasteiger charge is 2.31. The summed E-state index contributed by atoms with van der Waals surface area (Å²) >= 11 is 0. The van der Waals surface area contributed by atoms with Gasteiger partial charge >= 0.3 is 11.9 Å². The Balaban J connectivity index is 4.46. The highest BCUT2D eigenvalue weighted by molar-refractivity contribution is 6.80. The van der Waals surface area contributed by atoms with Crippen LogP contribution in [0.3, 0.4) is 0 Å². The molecule has 0 amide bonds. The summed E-state index contributed by atoms with van der Waals surface area (Å²) in [6, 6.07) is 11.5. The predicted octanol–water partition coefficient (Wildman–Crippen LogP) is 11.9. The van der Waals surface area contributed by atoms with Gasteiger partial charge in [-0.1, -0.05) is 180 Å². The maximum absolute atomic E-state index is 12.2. The Morgan fingerprint density at radius 1 is 0.405 bits per heavy atom. The number of esters is 2. The summed E-state index contributed by atoms with van der Waals surface area (Å²) in [5.74, 6) is -0.867. The second-order valence-corrected chi connectivity index (χ2v) is 23.2. The third kappa shape index (κ3) is 20.9. The Hall–Kier alpha value is -0.886. The van der Waals surface area contributed by atoms with E-state index in [2.05, 4.69) is 41.5 Å². The van der Waals surface area contributed by atoms with Gasteiger partial charge in [-0.2, -0.15) is 0 Å². The van der Waals surface area contributed by atoms with E-state index in [1.807, 2.05) is 0 Å². The first-order chi connectivity index (χ1) is 20.4. The maximum atomic E-state index is 12.2. The molecule has 6 heteroatoms. The first-order valence-corrected chi connectivity index (χ1v) is 24.0. The molecule has 0 aliphatic rings. The van der Waals surface area contributed by atoms with E-state index in [1.54, 1.807) is 0 Å². The summed E-state index contributed by atoms with van der Waals surface area (Å²) in [6.07, 6.45) is 22.6. The Morgan fingerprint density at radius 3 is 0.881 bits per heavy atom. The van der Waals surface area contributed by atoms with Crippen LogP contribution < -0.4 is 0 Å². The van der Waals surface area contributed by atoms with Crippen molar-refractivity contribution in [2.24, 2.45) is 0 Å². The zero-order valence-corrected chi connectivity index (χ0v) is 31.2. The molecule has 0 saturated heterocycles. The Labute approximate surface area is 264 Å². The fourth-order valence-electron chi connectivity index (χ4n) is 6.59. The van der Waals surface area contributed by atoms with Gasteiger partial charge in [0.25, 0.3) is 0 Å². The largest absolute Gasteiger partial charge is 0.463 e. The topological polar surface area (TPSA) is 52.6 Å². The average Bonchev–Trinajstić information content (AvgIpc) is 3.00. The number of ether oxygens (including phenoxy) is 2. The zero-order chi connectivity index (χ0) is 31.4. The second kappa shape index (κ2) is 27.6. The Morgan fingerprint density at radius 2 is 0.643 bits per heavy atom. The lowest BCUT2D eigenvalue weighted by Crippen LogP contribution is -2.33.